The Kier molecular flexibility index (Phi) is 4.75. The van der Waals surface area contributed by atoms with Crippen molar-refractivity contribution < 1.29 is 9.13 Å². The van der Waals surface area contributed by atoms with Gasteiger partial charge in [0.25, 0.3) is 5.78 Å². The van der Waals surface area contributed by atoms with E-state index in [1.165, 1.54) is 15.1 Å². The molecule has 2 aromatic carbocycles. The molecule has 0 saturated heterocycles. The lowest BCUT2D eigenvalue weighted by atomic mass is 10.2. The zero-order valence-electron chi connectivity index (χ0n) is 16.3. The number of hydrogen-bond donors (Lipinski definition) is 1. The highest BCUT2D eigenvalue weighted by Crippen LogP contribution is 2.19. The summed E-state index contributed by atoms with van der Waals surface area (Å²) in [7, 11) is 1.60. The Morgan fingerprint density at radius 1 is 1.14 bits per heavy atom. The number of nitrogens with one attached hydrogen (secondary N) is 1. The van der Waals surface area contributed by atoms with Crippen LogP contribution in [-0.2, 0) is 6.54 Å². The van der Waals surface area contributed by atoms with E-state index >= 15 is 0 Å². The van der Waals surface area contributed by atoms with Crippen LogP contribution in [0.2, 0.25) is 0 Å². The zero-order chi connectivity index (χ0) is 20.5. The molecule has 4 rings (SSSR count). The number of fused-ring (bicyclic) bond motifs is 1. The van der Waals surface area contributed by atoms with E-state index in [2.05, 4.69) is 15.4 Å². The minimum Gasteiger partial charge on any atom is -0.497 e. The summed E-state index contributed by atoms with van der Waals surface area (Å²) in [5.41, 5.74) is 2.56. The molecular formula is C21H20FN5O2. The van der Waals surface area contributed by atoms with Gasteiger partial charge in [0.2, 0.25) is 0 Å². The van der Waals surface area contributed by atoms with Crippen molar-refractivity contribution in [3.05, 3.63) is 81.7 Å². The number of ether oxygens (including phenoxy) is 1. The Morgan fingerprint density at radius 2 is 1.97 bits per heavy atom. The highest BCUT2D eigenvalue weighted by atomic mass is 19.1. The summed E-state index contributed by atoms with van der Waals surface area (Å²) in [5, 5.41) is 7.51. The van der Waals surface area contributed by atoms with E-state index < -0.39 is 0 Å². The SMILES string of the molecule is COc1cccc(Cn2nc3nc(Nc4ccc(F)c(C)c4)cc(C)n3c2=O)c1. The minimum absolute atomic E-state index is 0.266. The summed E-state index contributed by atoms with van der Waals surface area (Å²) in [4.78, 5) is 17.2. The maximum Gasteiger partial charge on any atom is 0.352 e. The normalized spacial score (nSPS) is 11.0. The molecule has 0 unspecified atom stereocenters. The molecule has 0 aliphatic heterocycles. The van der Waals surface area contributed by atoms with Gasteiger partial charge in [-0.2, -0.15) is 4.98 Å². The maximum absolute atomic E-state index is 13.5. The number of nitrogens with zero attached hydrogens (tertiary/aromatic N) is 4. The topological polar surface area (TPSA) is 73.4 Å². The number of methoxy groups -OCH3 is 1. The third-order valence-electron chi connectivity index (χ3n) is 4.64. The molecule has 0 spiro atoms. The number of rotatable bonds is 5. The number of anilines is 2. The van der Waals surface area contributed by atoms with E-state index in [9.17, 15) is 9.18 Å². The fourth-order valence-corrected chi connectivity index (χ4v) is 3.16. The fraction of sp³-hybridized carbons (Fsp3) is 0.190. The Morgan fingerprint density at radius 3 is 2.72 bits per heavy atom. The predicted molar refractivity (Wildman–Crippen MR) is 108 cm³/mol. The van der Waals surface area contributed by atoms with Gasteiger partial charge in [0.1, 0.15) is 17.4 Å². The van der Waals surface area contributed by atoms with Crippen molar-refractivity contribution in [3.63, 3.8) is 0 Å². The summed E-state index contributed by atoms with van der Waals surface area (Å²) in [6.45, 7) is 3.82. The molecule has 0 aliphatic rings. The van der Waals surface area contributed by atoms with Gasteiger partial charge in [0, 0.05) is 17.4 Å². The lowest BCUT2D eigenvalue weighted by Gasteiger charge is -2.08. The number of aromatic nitrogens is 4. The molecule has 0 radical (unpaired) electrons. The molecule has 29 heavy (non-hydrogen) atoms. The second-order valence-electron chi connectivity index (χ2n) is 6.80. The van der Waals surface area contributed by atoms with E-state index in [4.69, 9.17) is 4.74 Å². The van der Waals surface area contributed by atoms with Crippen LogP contribution in [0.3, 0.4) is 0 Å². The molecular weight excluding hydrogens is 373 g/mol. The summed E-state index contributed by atoms with van der Waals surface area (Å²) >= 11 is 0. The molecule has 0 saturated carbocycles. The molecule has 0 fully saturated rings. The minimum atomic E-state index is -0.267. The summed E-state index contributed by atoms with van der Waals surface area (Å²) < 4.78 is 21.5. The number of benzene rings is 2. The van der Waals surface area contributed by atoms with Crippen LogP contribution >= 0.6 is 0 Å². The second kappa shape index (κ2) is 7.38. The van der Waals surface area contributed by atoms with Crippen molar-refractivity contribution in [3.8, 4) is 5.75 Å². The first kappa shape index (κ1) is 18.7. The summed E-state index contributed by atoms with van der Waals surface area (Å²) in [6.07, 6.45) is 0. The van der Waals surface area contributed by atoms with Crippen LogP contribution in [0.5, 0.6) is 5.75 Å². The Bertz CT molecular complexity index is 1260. The Labute approximate surface area is 166 Å². The first-order chi connectivity index (χ1) is 13.9. The van der Waals surface area contributed by atoms with Gasteiger partial charge in [-0.3, -0.25) is 0 Å². The van der Waals surface area contributed by atoms with E-state index in [1.54, 1.807) is 32.2 Å². The summed E-state index contributed by atoms with van der Waals surface area (Å²) in [5.74, 6) is 1.27. The first-order valence-electron chi connectivity index (χ1n) is 9.08. The monoisotopic (exact) mass is 393 g/mol. The van der Waals surface area contributed by atoms with Crippen molar-refractivity contribution in [1.29, 1.82) is 0 Å². The predicted octanol–water partition coefficient (Wildman–Crippen LogP) is 3.45. The molecule has 2 heterocycles. The molecule has 1 N–H and O–H groups in total. The van der Waals surface area contributed by atoms with Gasteiger partial charge in [-0.25, -0.2) is 18.3 Å². The van der Waals surface area contributed by atoms with E-state index in [1.807, 2.05) is 31.2 Å². The molecule has 0 bridgehead atoms. The quantitative estimate of drug-likeness (QED) is 0.562. The molecule has 0 aliphatic carbocycles. The Balaban J connectivity index is 1.68. The van der Waals surface area contributed by atoms with Crippen LogP contribution < -0.4 is 15.7 Å². The van der Waals surface area contributed by atoms with Crippen LogP contribution in [0, 0.1) is 19.7 Å². The smallest absolute Gasteiger partial charge is 0.352 e. The van der Waals surface area contributed by atoms with Gasteiger partial charge < -0.3 is 10.1 Å². The van der Waals surface area contributed by atoms with Crippen LogP contribution in [0.15, 0.2) is 53.3 Å². The number of hydrogen-bond acceptors (Lipinski definition) is 5. The Hall–Kier alpha value is -3.68. The molecule has 8 heteroatoms. The van der Waals surface area contributed by atoms with Crippen molar-refractivity contribution >= 4 is 17.3 Å². The first-order valence-corrected chi connectivity index (χ1v) is 9.08. The molecule has 0 atom stereocenters. The van der Waals surface area contributed by atoms with E-state index in [0.29, 0.717) is 35.1 Å². The highest BCUT2D eigenvalue weighted by molar-refractivity contribution is 5.59. The number of aryl methyl sites for hydroxylation is 2. The van der Waals surface area contributed by atoms with Crippen molar-refractivity contribution in [1.82, 2.24) is 19.2 Å². The van der Waals surface area contributed by atoms with Crippen molar-refractivity contribution in [2.45, 2.75) is 20.4 Å². The van der Waals surface area contributed by atoms with Gasteiger partial charge in [-0.15, -0.1) is 5.10 Å². The van der Waals surface area contributed by atoms with Crippen LogP contribution in [0.1, 0.15) is 16.8 Å². The van der Waals surface area contributed by atoms with Crippen LogP contribution in [-0.4, -0.2) is 26.3 Å². The highest BCUT2D eigenvalue weighted by Gasteiger charge is 2.13. The lowest BCUT2D eigenvalue weighted by Crippen LogP contribution is -2.22. The average molecular weight is 393 g/mol. The molecule has 7 nitrogen and oxygen atoms in total. The van der Waals surface area contributed by atoms with E-state index in [0.717, 1.165) is 11.3 Å². The lowest BCUT2D eigenvalue weighted by molar-refractivity contribution is 0.414. The van der Waals surface area contributed by atoms with Gasteiger partial charge >= 0.3 is 5.69 Å². The second-order valence-corrected chi connectivity index (χ2v) is 6.80. The fourth-order valence-electron chi connectivity index (χ4n) is 3.16. The number of halogens is 1. The standard InChI is InChI=1S/C21H20FN5O2/c1-13-9-16(7-8-18(13)22)23-19-10-14(2)27-20(24-19)25-26(21(27)28)12-15-5-4-6-17(11-15)29-3/h4-11H,12H2,1-3H3,(H,23,24,25). The molecule has 148 valence electrons. The maximum atomic E-state index is 13.5. The molecule has 4 aromatic rings. The van der Waals surface area contributed by atoms with E-state index in [-0.39, 0.29) is 11.5 Å². The van der Waals surface area contributed by atoms with Crippen LogP contribution in [0.25, 0.3) is 5.78 Å². The molecule has 2 aromatic heterocycles. The van der Waals surface area contributed by atoms with Gasteiger partial charge in [0.05, 0.1) is 13.7 Å². The van der Waals surface area contributed by atoms with Gasteiger partial charge in [-0.1, -0.05) is 12.1 Å². The van der Waals surface area contributed by atoms with Gasteiger partial charge in [0.15, 0.2) is 0 Å². The molecule has 0 amide bonds. The third-order valence-corrected chi connectivity index (χ3v) is 4.64. The largest absolute Gasteiger partial charge is 0.497 e. The zero-order valence-corrected chi connectivity index (χ0v) is 16.3. The van der Waals surface area contributed by atoms with Crippen molar-refractivity contribution in [2.75, 3.05) is 12.4 Å². The average Bonchev–Trinajstić information content (AvgIpc) is 3.00. The van der Waals surface area contributed by atoms with Gasteiger partial charge in [-0.05, 0) is 55.3 Å². The summed E-state index contributed by atoms with van der Waals surface area (Å²) in [6, 6.07) is 14.0. The third kappa shape index (κ3) is 3.69. The van der Waals surface area contributed by atoms with Crippen molar-refractivity contribution in [2.24, 2.45) is 0 Å². The van der Waals surface area contributed by atoms with Crippen LogP contribution in [0.4, 0.5) is 15.9 Å².